The van der Waals surface area contributed by atoms with E-state index in [-0.39, 0.29) is 17.8 Å². The lowest BCUT2D eigenvalue weighted by Gasteiger charge is -2.28. The second kappa shape index (κ2) is 6.40. The summed E-state index contributed by atoms with van der Waals surface area (Å²) in [7, 11) is 0. The van der Waals surface area contributed by atoms with Gasteiger partial charge in [0, 0.05) is 19.8 Å². The highest BCUT2D eigenvalue weighted by Gasteiger charge is 2.25. The molecular formula is C12H20O4. The zero-order chi connectivity index (χ0) is 12.8. The molecule has 0 bridgehead atoms. The SMILES string of the molecule is CC(=O)OC(=O)CCC(CC=O)C(C)(C)C. The summed E-state index contributed by atoms with van der Waals surface area (Å²) < 4.78 is 4.43. The van der Waals surface area contributed by atoms with Crippen molar-refractivity contribution >= 4 is 18.2 Å². The molecule has 0 aromatic carbocycles. The molecule has 0 aliphatic rings. The fourth-order valence-electron chi connectivity index (χ4n) is 1.52. The molecule has 0 saturated carbocycles. The molecule has 0 N–H and O–H groups in total. The molecule has 0 radical (unpaired) electrons. The Labute approximate surface area is 96.4 Å². The molecular weight excluding hydrogens is 208 g/mol. The third kappa shape index (κ3) is 6.32. The van der Waals surface area contributed by atoms with Gasteiger partial charge in [0.15, 0.2) is 0 Å². The van der Waals surface area contributed by atoms with Gasteiger partial charge in [-0.2, -0.15) is 0 Å². The summed E-state index contributed by atoms with van der Waals surface area (Å²) in [5.41, 5.74) is -0.0303. The highest BCUT2D eigenvalue weighted by molar-refractivity contribution is 5.84. The van der Waals surface area contributed by atoms with Crippen molar-refractivity contribution in [2.24, 2.45) is 11.3 Å². The summed E-state index contributed by atoms with van der Waals surface area (Å²) in [6, 6.07) is 0. The Morgan fingerprint density at radius 1 is 1.31 bits per heavy atom. The van der Waals surface area contributed by atoms with Crippen LogP contribution in [0.1, 0.15) is 47.0 Å². The lowest BCUT2D eigenvalue weighted by molar-refractivity contribution is -0.158. The third-order valence-corrected chi connectivity index (χ3v) is 2.56. The van der Waals surface area contributed by atoms with Gasteiger partial charge in [-0.05, 0) is 17.8 Å². The van der Waals surface area contributed by atoms with E-state index in [9.17, 15) is 14.4 Å². The van der Waals surface area contributed by atoms with Gasteiger partial charge in [0.05, 0.1) is 0 Å². The molecule has 0 saturated heterocycles. The number of hydrogen-bond acceptors (Lipinski definition) is 4. The lowest BCUT2D eigenvalue weighted by Crippen LogP contribution is -2.22. The topological polar surface area (TPSA) is 60.4 Å². The molecule has 4 heteroatoms. The molecule has 0 rings (SSSR count). The fraction of sp³-hybridized carbons (Fsp3) is 0.750. The Bertz CT molecular complexity index is 263. The number of ether oxygens (including phenoxy) is 1. The molecule has 0 heterocycles. The first-order valence-corrected chi connectivity index (χ1v) is 5.42. The zero-order valence-electron chi connectivity index (χ0n) is 10.4. The molecule has 0 spiro atoms. The smallest absolute Gasteiger partial charge is 0.313 e. The van der Waals surface area contributed by atoms with Gasteiger partial charge >= 0.3 is 11.9 Å². The van der Waals surface area contributed by atoms with Crippen LogP contribution < -0.4 is 0 Å². The van der Waals surface area contributed by atoms with E-state index in [4.69, 9.17) is 0 Å². The Morgan fingerprint density at radius 3 is 2.25 bits per heavy atom. The lowest BCUT2D eigenvalue weighted by atomic mass is 9.76. The van der Waals surface area contributed by atoms with Crippen LogP contribution in [-0.2, 0) is 19.1 Å². The van der Waals surface area contributed by atoms with E-state index >= 15 is 0 Å². The highest BCUT2D eigenvalue weighted by atomic mass is 16.6. The van der Waals surface area contributed by atoms with Gasteiger partial charge in [0.1, 0.15) is 6.29 Å². The normalized spacial score (nSPS) is 13.0. The van der Waals surface area contributed by atoms with Crippen molar-refractivity contribution in [3.8, 4) is 0 Å². The van der Waals surface area contributed by atoms with Gasteiger partial charge in [0.25, 0.3) is 0 Å². The average molecular weight is 228 g/mol. The molecule has 0 aromatic rings. The largest absolute Gasteiger partial charge is 0.393 e. The molecule has 1 atom stereocenters. The van der Waals surface area contributed by atoms with Crippen molar-refractivity contribution < 1.29 is 19.1 Å². The van der Waals surface area contributed by atoms with Gasteiger partial charge in [-0.25, -0.2) is 0 Å². The highest BCUT2D eigenvalue weighted by Crippen LogP contribution is 2.31. The molecule has 16 heavy (non-hydrogen) atoms. The summed E-state index contributed by atoms with van der Waals surface area (Å²) in [6.07, 6.45) is 2.03. The summed E-state index contributed by atoms with van der Waals surface area (Å²) in [4.78, 5) is 32.2. The van der Waals surface area contributed by atoms with Gasteiger partial charge in [0.2, 0.25) is 0 Å². The van der Waals surface area contributed by atoms with E-state index in [2.05, 4.69) is 4.74 Å². The van der Waals surface area contributed by atoms with Crippen LogP contribution in [-0.4, -0.2) is 18.2 Å². The quantitative estimate of drug-likeness (QED) is 0.411. The van der Waals surface area contributed by atoms with E-state index in [0.717, 1.165) is 6.29 Å². The summed E-state index contributed by atoms with van der Waals surface area (Å²) in [5, 5.41) is 0. The van der Waals surface area contributed by atoms with Crippen LogP contribution in [0.3, 0.4) is 0 Å². The second-order valence-electron chi connectivity index (χ2n) is 4.97. The van der Waals surface area contributed by atoms with Crippen LogP contribution in [0, 0.1) is 11.3 Å². The monoisotopic (exact) mass is 228 g/mol. The Balaban J connectivity index is 4.17. The van der Waals surface area contributed by atoms with Crippen molar-refractivity contribution in [2.75, 3.05) is 0 Å². The number of carbonyl (C=O) groups is 3. The molecule has 0 aliphatic carbocycles. The predicted molar refractivity (Wildman–Crippen MR) is 59.6 cm³/mol. The molecule has 4 nitrogen and oxygen atoms in total. The van der Waals surface area contributed by atoms with Gasteiger partial charge in [-0.15, -0.1) is 0 Å². The van der Waals surface area contributed by atoms with Crippen molar-refractivity contribution in [2.45, 2.75) is 47.0 Å². The first-order valence-electron chi connectivity index (χ1n) is 5.42. The van der Waals surface area contributed by atoms with Crippen LogP contribution in [0.25, 0.3) is 0 Å². The van der Waals surface area contributed by atoms with E-state index in [1.54, 1.807) is 0 Å². The third-order valence-electron chi connectivity index (χ3n) is 2.56. The molecule has 0 aliphatic heterocycles. The van der Waals surface area contributed by atoms with Crippen LogP contribution in [0.4, 0.5) is 0 Å². The average Bonchev–Trinajstić information content (AvgIpc) is 2.08. The maximum absolute atomic E-state index is 11.2. The molecule has 1 unspecified atom stereocenters. The van der Waals surface area contributed by atoms with Crippen molar-refractivity contribution in [1.82, 2.24) is 0 Å². The van der Waals surface area contributed by atoms with Crippen LogP contribution in [0.2, 0.25) is 0 Å². The minimum atomic E-state index is -0.590. The van der Waals surface area contributed by atoms with Gasteiger partial charge in [-0.1, -0.05) is 20.8 Å². The zero-order valence-corrected chi connectivity index (χ0v) is 10.4. The van der Waals surface area contributed by atoms with E-state index in [0.29, 0.717) is 12.8 Å². The minimum Gasteiger partial charge on any atom is -0.393 e. The second-order valence-corrected chi connectivity index (χ2v) is 4.97. The number of aldehydes is 1. The Kier molecular flexibility index (Phi) is 5.93. The number of rotatable bonds is 5. The van der Waals surface area contributed by atoms with E-state index in [1.165, 1.54) is 6.92 Å². The summed E-state index contributed by atoms with van der Waals surface area (Å²) in [5.74, 6) is -0.982. The van der Waals surface area contributed by atoms with Crippen molar-refractivity contribution in [3.05, 3.63) is 0 Å². The first kappa shape index (κ1) is 14.8. The Morgan fingerprint density at radius 2 is 1.88 bits per heavy atom. The molecule has 0 fully saturated rings. The van der Waals surface area contributed by atoms with Gasteiger partial charge < -0.3 is 9.53 Å². The van der Waals surface area contributed by atoms with Crippen molar-refractivity contribution in [3.63, 3.8) is 0 Å². The van der Waals surface area contributed by atoms with Gasteiger partial charge in [-0.3, -0.25) is 9.59 Å². The standard InChI is InChI=1S/C12H20O4/c1-9(14)16-11(15)6-5-10(7-8-13)12(2,3)4/h8,10H,5-7H2,1-4H3. The summed E-state index contributed by atoms with van der Waals surface area (Å²) in [6.45, 7) is 7.27. The minimum absolute atomic E-state index is 0.0303. The molecule has 0 aromatic heterocycles. The Hall–Kier alpha value is -1.19. The van der Waals surface area contributed by atoms with Crippen LogP contribution in [0.5, 0.6) is 0 Å². The first-order chi connectivity index (χ1) is 7.27. The van der Waals surface area contributed by atoms with E-state index in [1.807, 2.05) is 20.8 Å². The predicted octanol–water partition coefficient (Wildman–Crippen LogP) is 2.11. The maximum atomic E-state index is 11.2. The summed E-state index contributed by atoms with van der Waals surface area (Å²) >= 11 is 0. The number of esters is 2. The van der Waals surface area contributed by atoms with Crippen molar-refractivity contribution in [1.29, 1.82) is 0 Å². The maximum Gasteiger partial charge on any atom is 0.313 e. The molecule has 92 valence electrons. The van der Waals surface area contributed by atoms with Crippen LogP contribution >= 0.6 is 0 Å². The number of hydrogen-bond donors (Lipinski definition) is 0. The fourth-order valence-corrected chi connectivity index (χ4v) is 1.52. The molecule has 0 amide bonds. The number of carbonyl (C=O) groups excluding carboxylic acids is 3. The van der Waals surface area contributed by atoms with Crippen LogP contribution in [0.15, 0.2) is 0 Å². The van der Waals surface area contributed by atoms with E-state index < -0.39 is 11.9 Å².